The molecular weight excluding hydrogens is 323 g/mol. The van der Waals surface area contributed by atoms with Gasteiger partial charge in [-0.3, -0.25) is 4.79 Å². The summed E-state index contributed by atoms with van der Waals surface area (Å²) in [4.78, 5) is 19.6. The fourth-order valence-corrected chi connectivity index (χ4v) is 4.72. The highest BCUT2D eigenvalue weighted by Gasteiger charge is 2.48. The number of hydrogen-bond donors (Lipinski definition) is 0. The number of piperidine rings is 1. The highest BCUT2D eigenvalue weighted by Crippen LogP contribution is 2.50. The van der Waals surface area contributed by atoms with E-state index in [1.165, 1.54) is 6.07 Å². The number of aryl methyl sites for hydroxylation is 1. The van der Waals surface area contributed by atoms with Crippen molar-refractivity contribution in [1.29, 1.82) is 0 Å². The number of amides is 1. The van der Waals surface area contributed by atoms with Gasteiger partial charge < -0.3 is 4.90 Å². The van der Waals surface area contributed by atoms with Gasteiger partial charge in [-0.15, -0.1) is 11.3 Å². The van der Waals surface area contributed by atoms with Gasteiger partial charge in [0.15, 0.2) is 0 Å². The summed E-state index contributed by atoms with van der Waals surface area (Å²) in [5.41, 5.74) is 1.71. The van der Waals surface area contributed by atoms with Gasteiger partial charge in [0.05, 0.1) is 6.04 Å². The van der Waals surface area contributed by atoms with E-state index in [1.54, 1.807) is 17.4 Å². The number of thiazole rings is 1. The molecule has 5 heteroatoms. The van der Waals surface area contributed by atoms with Crippen molar-refractivity contribution in [3.05, 3.63) is 51.7 Å². The smallest absolute Gasteiger partial charge is 0.226 e. The largest absolute Gasteiger partial charge is 0.333 e. The first-order valence-electron chi connectivity index (χ1n) is 8.62. The molecule has 1 saturated carbocycles. The van der Waals surface area contributed by atoms with Crippen molar-refractivity contribution >= 4 is 17.2 Å². The Kier molecular flexibility index (Phi) is 4.12. The van der Waals surface area contributed by atoms with Crippen LogP contribution in [0.15, 0.2) is 29.6 Å². The highest BCUT2D eigenvalue weighted by atomic mass is 32.1. The van der Waals surface area contributed by atoms with Crippen LogP contribution in [0.2, 0.25) is 0 Å². The fourth-order valence-electron chi connectivity index (χ4n) is 3.78. The number of carbonyl (C=O) groups excluding carboxylic acids is 1. The molecule has 1 aromatic carbocycles. The molecule has 2 aliphatic rings. The van der Waals surface area contributed by atoms with Crippen LogP contribution in [0.3, 0.4) is 0 Å². The summed E-state index contributed by atoms with van der Waals surface area (Å²) >= 11 is 1.64. The normalized spacial score (nSPS) is 26.4. The summed E-state index contributed by atoms with van der Waals surface area (Å²) in [6.45, 7) is 2.78. The van der Waals surface area contributed by atoms with Gasteiger partial charge in [-0.25, -0.2) is 9.37 Å². The molecule has 1 aliphatic carbocycles. The molecular formula is C19H21FN2OS. The van der Waals surface area contributed by atoms with E-state index >= 15 is 0 Å². The van der Waals surface area contributed by atoms with Crippen molar-refractivity contribution < 1.29 is 9.18 Å². The third-order valence-corrected chi connectivity index (χ3v) is 6.18. The molecule has 3 nitrogen and oxygen atoms in total. The van der Waals surface area contributed by atoms with Crippen molar-refractivity contribution in [2.24, 2.45) is 5.92 Å². The number of benzene rings is 1. The Morgan fingerprint density at radius 2 is 2.17 bits per heavy atom. The Balaban J connectivity index is 1.52. The second-order valence-corrected chi connectivity index (χ2v) is 7.73. The molecule has 0 radical (unpaired) electrons. The van der Waals surface area contributed by atoms with Gasteiger partial charge in [0.1, 0.15) is 10.8 Å². The lowest BCUT2D eigenvalue weighted by Gasteiger charge is -2.35. The molecule has 2 heterocycles. The van der Waals surface area contributed by atoms with Crippen LogP contribution in [0.25, 0.3) is 0 Å². The summed E-state index contributed by atoms with van der Waals surface area (Å²) in [5.74, 6) is -0.0350. The van der Waals surface area contributed by atoms with Gasteiger partial charge in [0.2, 0.25) is 5.91 Å². The van der Waals surface area contributed by atoms with Crippen LogP contribution in [-0.2, 0) is 4.79 Å². The average Bonchev–Trinajstić information content (AvgIpc) is 3.28. The Morgan fingerprint density at radius 1 is 1.33 bits per heavy atom. The lowest BCUT2D eigenvalue weighted by atomic mass is 10.0. The van der Waals surface area contributed by atoms with Crippen LogP contribution in [0, 0.1) is 18.7 Å². The second kappa shape index (κ2) is 6.28. The third-order valence-electron chi connectivity index (χ3n) is 5.12. The number of hydrogen-bond acceptors (Lipinski definition) is 3. The second-order valence-electron chi connectivity index (χ2n) is 6.84. The van der Waals surface area contributed by atoms with E-state index < -0.39 is 0 Å². The maximum Gasteiger partial charge on any atom is 0.226 e. The molecule has 2 fully saturated rings. The molecule has 0 spiro atoms. The molecule has 0 bridgehead atoms. The monoisotopic (exact) mass is 344 g/mol. The van der Waals surface area contributed by atoms with Crippen LogP contribution in [0.5, 0.6) is 0 Å². The van der Waals surface area contributed by atoms with Crippen molar-refractivity contribution in [3.63, 3.8) is 0 Å². The molecule has 1 aromatic heterocycles. The quantitative estimate of drug-likeness (QED) is 0.824. The Labute approximate surface area is 145 Å². The number of rotatable bonds is 3. The van der Waals surface area contributed by atoms with Gasteiger partial charge in [-0.2, -0.15) is 0 Å². The molecule has 1 aliphatic heterocycles. The lowest BCUT2D eigenvalue weighted by Crippen LogP contribution is -2.39. The molecule has 24 heavy (non-hydrogen) atoms. The summed E-state index contributed by atoms with van der Waals surface area (Å²) in [7, 11) is 0. The highest BCUT2D eigenvalue weighted by molar-refractivity contribution is 7.09. The van der Waals surface area contributed by atoms with Crippen molar-refractivity contribution in [3.8, 4) is 0 Å². The molecule has 3 atom stereocenters. The fraction of sp³-hybridized carbons (Fsp3) is 0.474. The number of aromatic nitrogens is 1. The third kappa shape index (κ3) is 2.86. The molecule has 4 rings (SSSR count). The SMILES string of the molecule is Cc1csc(C2CCCCN2C(=O)C2CC2c2ccccc2F)n1. The van der Waals surface area contributed by atoms with Crippen LogP contribution in [0.4, 0.5) is 4.39 Å². The number of halogens is 1. The molecule has 126 valence electrons. The van der Waals surface area contributed by atoms with Crippen molar-refractivity contribution in [2.75, 3.05) is 6.54 Å². The Morgan fingerprint density at radius 3 is 2.92 bits per heavy atom. The molecule has 2 aromatic rings. The Bertz CT molecular complexity index is 759. The van der Waals surface area contributed by atoms with Crippen molar-refractivity contribution in [1.82, 2.24) is 9.88 Å². The van der Waals surface area contributed by atoms with Gasteiger partial charge in [-0.1, -0.05) is 18.2 Å². The standard InChI is InChI=1S/C19H21FN2OS/c1-12-11-24-18(21-12)17-8-4-5-9-22(17)19(23)15-10-14(15)13-6-2-3-7-16(13)20/h2-3,6-7,11,14-15,17H,4-5,8-10H2,1H3. The van der Waals surface area contributed by atoms with E-state index in [0.29, 0.717) is 5.56 Å². The molecule has 3 unspecified atom stereocenters. The minimum Gasteiger partial charge on any atom is -0.333 e. The zero-order valence-electron chi connectivity index (χ0n) is 13.7. The zero-order valence-corrected chi connectivity index (χ0v) is 14.6. The number of carbonyl (C=O) groups is 1. The van der Waals surface area contributed by atoms with E-state index in [4.69, 9.17) is 0 Å². The average molecular weight is 344 g/mol. The van der Waals surface area contributed by atoms with Crippen LogP contribution in [0.1, 0.15) is 53.9 Å². The first-order valence-corrected chi connectivity index (χ1v) is 9.50. The van der Waals surface area contributed by atoms with Gasteiger partial charge in [-0.05, 0) is 50.2 Å². The summed E-state index contributed by atoms with van der Waals surface area (Å²) in [5, 5.41) is 3.09. The van der Waals surface area contributed by atoms with E-state index in [1.807, 2.05) is 29.3 Å². The lowest BCUT2D eigenvalue weighted by molar-refractivity contribution is -0.136. The van der Waals surface area contributed by atoms with E-state index in [9.17, 15) is 9.18 Å². The molecule has 1 amide bonds. The van der Waals surface area contributed by atoms with Gasteiger partial charge >= 0.3 is 0 Å². The maximum absolute atomic E-state index is 14.0. The van der Waals surface area contributed by atoms with Gasteiger partial charge in [0, 0.05) is 23.5 Å². The minimum absolute atomic E-state index is 0.0410. The summed E-state index contributed by atoms with van der Waals surface area (Å²) in [6, 6.07) is 6.94. The molecule has 1 saturated heterocycles. The van der Waals surface area contributed by atoms with Crippen LogP contribution < -0.4 is 0 Å². The Hall–Kier alpha value is -1.75. The predicted molar refractivity (Wildman–Crippen MR) is 92.4 cm³/mol. The summed E-state index contributed by atoms with van der Waals surface area (Å²) < 4.78 is 14.0. The number of nitrogens with zero attached hydrogens (tertiary/aromatic N) is 2. The van der Waals surface area contributed by atoms with Crippen LogP contribution >= 0.6 is 11.3 Å². The first kappa shape index (κ1) is 15.8. The van der Waals surface area contributed by atoms with E-state index in [2.05, 4.69) is 4.98 Å². The number of likely N-dealkylation sites (tertiary alicyclic amines) is 1. The minimum atomic E-state index is -0.191. The molecule has 0 N–H and O–H groups in total. The summed E-state index contributed by atoms with van der Waals surface area (Å²) in [6.07, 6.45) is 3.92. The van der Waals surface area contributed by atoms with Crippen molar-refractivity contribution in [2.45, 2.75) is 44.6 Å². The van der Waals surface area contributed by atoms with Crippen LogP contribution in [-0.4, -0.2) is 22.3 Å². The first-order chi connectivity index (χ1) is 11.6. The maximum atomic E-state index is 14.0. The topological polar surface area (TPSA) is 33.2 Å². The van der Waals surface area contributed by atoms with Gasteiger partial charge in [0.25, 0.3) is 0 Å². The van der Waals surface area contributed by atoms with E-state index in [-0.39, 0.29) is 29.6 Å². The zero-order chi connectivity index (χ0) is 16.7. The predicted octanol–water partition coefficient (Wildman–Crippen LogP) is 4.45. The van der Waals surface area contributed by atoms with E-state index in [0.717, 1.165) is 42.9 Å².